The Labute approximate surface area is 145 Å². The lowest BCUT2D eigenvalue weighted by Crippen LogP contribution is -1.97. The molecule has 0 aliphatic heterocycles. The molecule has 2 rings (SSSR count). The number of hydrogen-bond donors (Lipinski definition) is 0. The lowest BCUT2D eigenvalue weighted by molar-refractivity contribution is 0.563. The number of benzene rings is 1. The lowest BCUT2D eigenvalue weighted by Gasteiger charge is -2.04. The zero-order valence-corrected chi connectivity index (χ0v) is 15.4. The molecule has 23 heavy (non-hydrogen) atoms. The van der Waals surface area contributed by atoms with Crippen molar-refractivity contribution in [1.82, 2.24) is 15.0 Å². The summed E-state index contributed by atoms with van der Waals surface area (Å²) in [5, 5.41) is 8.42. The maximum Gasteiger partial charge on any atom is 0.113 e. The third-order valence-corrected chi connectivity index (χ3v) is 5.28. The Bertz CT molecular complexity index is 538. The molecule has 0 unspecified atom stereocenters. The topological polar surface area (TPSA) is 30.7 Å². The molecule has 0 aliphatic carbocycles. The van der Waals surface area contributed by atoms with Crippen LogP contribution in [0.1, 0.15) is 71.1 Å². The van der Waals surface area contributed by atoms with Crippen LogP contribution in [0.15, 0.2) is 24.3 Å². The first-order valence-corrected chi connectivity index (χ1v) is 10.4. The maximum atomic E-state index is 4.23. The van der Waals surface area contributed by atoms with Gasteiger partial charge in [0.1, 0.15) is 5.52 Å². The molecule has 0 amide bonds. The molecule has 0 spiro atoms. The van der Waals surface area contributed by atoms with E-state index in [0.29, 0.717) is 0 Å². The van der Waals surface area contributed by atoms with Crippen LogP contribution in [-0.2, 0) is 5.88 Å². The van der Waals surface area contributed by atoms with Crippen molar-refractivity contribution in [3.8, 4) is 0 Å². The molecule has 0 fully saturated rings. The Kier molecular flexibility index (Phi) is 9.15. The third-order valence-electron chi connectivity index (χ3n) is 4.28. The monoisotopic (exact) mass is 333 g/mol. The van der Waals surface area contributed by atoms with E-state index >= 15 is 0 Å². The summed E-state index contributed by atoms with van der Waals surface area (Å²) in [7, 11) is 0. The quantitative estimate of drug-likeness (QED) is 0.418. The highest BCUT2D eigenvalue weighted by Gasteiger charge is 2.02. The van der Waals surface area contributed by atoms with E-state index in [-0.39, 0.29) is 0 Å². The molecule has 128 valence electrons. The normalized spacial score (nSPS) is 11.3. The number of rotatable bonds is 13. The zero-order valence-electron chi connectivity index (χ0n) is 14.5. The highest BCUT2D eigenvalue weighted by molar-refractivity contribution is 7.98. The van der Waals surface area contributed by atoms with Crippen LogP contribution >= 0.6 is 11.8 Å². The van der Waals surface area contributed by atoms with Crippen molar-refractivity contribution in [2.45, 2.75) is 77.0 Å². The van der Waals surface area contributed by atoms with Gasteiger partial charge in [-0.25, -0.2) is 4.68 Å². The fraction of sp³-hybridized carbons (Fsp3) is 0.684. The smallest absolute Gasteiger partial charge is 0.113 e. The van der Waals surface area contributed by atoms with E-state index in [9.17, 15) is 0 Å². The van der Waals surface area contributed by atoms with Gasteiger partial charge in [0.2, 0.25) is 0 Å². The average Bonchev–Trinajstić information content (AvgIpc) is 2.99. The van der Waals surface area contributed by atoms with Gasteiger partial charge in [-0.15, -0.1) is 16.9 Å². The summed E-state index contributed by atoms with van der Waals surface area (Å²) in [4.78, 5) is 0. The zero-order chi connectivity index (χ0) is 16.2. The van der Waals surface area contributed by atoms with E-state index in [1.807, 2.05) is 28.6 Å². The molecule has 0 radical (unpaired) electrons. The molecule has 0 bridgehead atoms. The Morgan fingerprint density at radius 2 is 1.52 bits per heavy atom. The van der Waals surface area contributed by atoms with Crippen LogP contribution in [0.4, 0.5) is 0 Å². The fourth-order valence-electron chi connectivity index (χ4n) is 2.86. The van der Waals surface area contributed by atoms with E-state index < -0.39 is 0 Å². The van der Waals surface area contributed by atoms with Crippen LogP contribution in [-0.4, -0.2) is 20.7 Å². The van der Waals surface area contributed by atoms with Crippen molar-refractivity contribution in [2.24, 2.45) is 0 Å². The predicted molar refractivity (Wildman–Crippen MR) is 102 cm³/mol. The van der Waals surface area contributed by atoms with Crippen molar-refractivity contribution in [3.63, 3.8) is 0 Å². The number of fused-ring (bicyclic) bond motifs is 1. The molecule has 3 nitrogen and oxygen atoms in total. The number of thioether (sulfide) groups is 1. The molecule has 1 aromatic heterocycles. The molecule has 0 saturated heterocycles. The largest absolute Gasteiger partial charge is 0.235 e. The molecule has 1 aromatic carbocycles. The summed E-state index contributed by atoms with van der Waals surface area (Å²) in [6.07, 6.45) is 14.0. The second-order valence-corrected chi connectivity index (χ2v) is 7.37. The third kappa shape index (κ3) is 6.94. The van der Waals surface area contributed by atoms with Gasteiger partial charge in [0.05, 0.1) is 11.4 Å². The van der Waals surface area contributed by atoms with Crippen LogP contribution < -0.4 is 0 Å². The van der Waals surface area contributed by atoms with Gasteiger partial charge >= 0.3 is 0 Å². The van der Waals surface area contributed by atoms with Gasteiger partial charge < -0.3 is 0 Å². The second kappa shape index (κ2) is 11.5. The van der Waals surface area contributed by atoms with Crippen LogP contribution in [0.3, 0.4) is 0 Å². The second-order valence-electron chi connectivity index (χ2n) is 6.30. The first kappa shape index (κ1) is 18.3. The number of hydrogen-bond acceptors (Lipinski definition) is 3. The molecule has 4 heteroatoms. The van der Waals surface area contributed by atoms with Gasteiger partial charge in [-0.1, -0.05) is 82.1 Å². The minimum Gasteiger partial charge on any atom is -0.235 e. The fourth-order valence-corrected chi connectivity index (χ4v) is 3.76. The van der Waals surface area contributed by atoms with Crippen molar-refractivity contribution >= 4 is 22.8 Å². The van der Waals surface area contributed by atoms with Gasteiger partial charge in [0.15, 0.2) is 0 Å². The summed E-state index contributed by atoms with van der Waals surface area (Å²) in [5.41, 5.74) is 2.13. The van der Waals surface area contributed by atoms with E-state index in [1.165, 1.54) is 70.0 Å². The Morgan fingerprint density at radius 1 is 0.870 bits per heavy atom. The van der Waals surface area contributed by atoms with Gasteiger partial charge in [0.25, 0.3) is 0 Å². The summed E-state index contributed by atoms with van der Waals surface area (Å²) in [6.45, 7) is 2.28. The minimum absolute atomic E-state index is 0.915. The van der Waals surface area contributed by atoms with Crippen molar-refractivity contribution < 1.29 is 0 Å². The first-order valence-electron chi connectivity index (χ1n) is 9.28. The number of para-hydroxylation sites is 1. The van der Waals surface area contributed by atoms with E-state index in [2.05, 4.69) is 29.4 Å². The van der Waals surface area contributed by atoms with Crippen LogP contribution in [0.5, 0.6) is 0 Å². The number of unbranched alkanes of at least 4 members (excludes halogenated alkanes) is 9. The lowest BCUT2D eigenvalue weighted by atomic mass is 10.1. The van der Waals surface area contributed by atoms with Crippen molar-refractivity contribution in [1.29, 1.82) is 0 Å². The van der Waals surface area contributed by atoms with Gasteiger partial charge in [-0.05, 0) is 24.3 Å². The SMILES string of the molecule is CCCCCCCCCCCCSCn1nnc2ccccc21. The standard InChI is InChI=1S/C19H31N3S/c1-2-3-4-5-6-7-8-9-10-13-16-23-17-22-19-15-12-11-14-18(19)20-21-22/h11-12,14-15H,2-10,13,16-17H2,1H3. The highest BCUT2D eigenvalue weighted by atomic mass is 32.2. The molecular weight excluding hydrogens is 302 g/mol. The highest BCUT2D eigenvalue weighted by Crippen LogP contribution is 2.16. The van der Waals surface area contributed by atoms with Crippen LogP contribution in [0.25, 0.3) is 11.0 Å². The van der Waals surface area contributed by atoms with Crippen LogP contribution in [0, 0.1) is 0 Å². The number of nitrogens with zero attached hydrogens (tertiary/aromatic N) is 3. The Balaban J connectivity index is 1.44. The molecule has 2 aromatic rings. The molecule has 0 atom stereocenters. The summed E-state index contributed by atoms with van der Waals surface area (Å²) < 4.78 is 2.01. The van der Waals surface area contributed by atoms with Gasteiger partial charge in [-0.3, -0.25) is 0 Å². The van der Waals surface area contributed by atoms with E-state index in [1.54, 1.807) is 0 Å². The Hall–Kier alpha value is -1.03. The molecule has 0 saturated carbocycles. The van der Waals surface area contributed by atoms with Crippen molar-refractivity contribution in [2.75, 3.05) is 5.75 Å². The summed E-state index contributed by atoms with van der Waals surface area (Å²) in [6, 6.07) is 8.18. The Morgan fingerprint density at radius 3 is 2.26 bits per heavy atom. The van der Waals surface area contributed by atoms with Crippen molar-refractivity contribution in [3.05, 3.63) is 24.3 Å². The van der Waals surface area contributed by atoms with Gasteiger partial charge in [-0.2, -0.15) is 0 Å². The molecule has 0 N–H and O–H groups in total. The summed E-state index contributed by atoms with van der Waals surface area (Å²) >= 11 is 1.96. The molecular formula is C19H31N3S. The van der Waals surface area contributed by atoms with Crippen LogP contribution in [0.2, 0.25) is 0 Å². The average molecular weight is 334 g/mol. The van der Waals surface area contributed by atoms with E-state index in [0.717, 1.165) is 16.9 Å². The first-order chi connectivity index (χ1) is 11.4. The van der Waals surface area contributed by atoms with Gasteiger partial charge in [0, 0.05) is 0 Å². The molecule has 0 aliphatic rings. The maximum absolute atomic E-state index is 4.23. The predicted octanol–water partition coefficient (Wildman–Crippen LogP) is 6.04. The minimum atomic E-state index is 0.915. The van der Waals surface area contributed by atoms with E-state index in [4.69, 9.17) is 0 Å². The number of aromatic nitrogens is 3. The molecule has 1 heterocycles. The summed E-state index contributed by atoms with van der Waals surface area (Å²) in [5.74, 6) is 2.14.